The summed E-state index contributed by atoms with van der Waals surface area (Å²) >= 11 is 0. The smallest absolute Gasteiger partial charge is 0.303 e. The van der Waals surface area contributed by atoms with E-state index in [0.717, 1.165) is 19.3 Å². The Morgan fingerprint density at radius 2 is 2.23 bits per heavy atom. The number of aliphatic carboxylic acids is 1. The van der Waals surface area contributed by atoms with Crippen LogP contribution in [-0.2, 0) is 4.79 Å². The van der Waals surface area contributed by atoms with E-state index in [0.29, 0.717) is 29.9 Å². The SMILES string of the molecule is Cc1nc(C(=O)N2CCCCC2CCC(=O)O)ccc1C#N. The summed E-state index contributed by atoms with van der Waals surface area (Å²) in [5, 5.41) is 17.8. The molecule has 1 amide bonds. The Kier molecular flexibility index (Phi) is 5.10. The number of rotatable bonds is 4. The fourth-order valence-electron chi connectivity index (χ4n) is 2.80. The maximum Gasteiger partial charge on any atom is 0.303 e. The molecule has 6 heteroatoms. The average molecular weight is 301 g/mol. The molecular weight excluding hydrogens is 282 g/mol. The van der Waals surface area contributed by atoms with E-state index < -0.39 is 5.97 Å². The topological polar surface area (TPSA) is 94.3 Å². The summed E-state index contributed by atoms with van der Waals surface area (Å²) in [4.78, 5) is 29.4. The highest BCUT2D eigenvalue weighted by Crippen LogP contribution is 2.23. The van der Waals surface area contributed by atoms with Crippen LogP contribution in [0, 0.1) is 18.3 Å². The Hall–Kier alpha value is -2.42. The van der Waals surface area contributed by atoms with Crippen molar-refractivity contribution in [3.63, 3.8) is 0 Å². The van der Waals surface area contributed by atoms with Gasteiger partial charge in [-0.05, 0) is 44.7 Å². The van der Waals surface area contributed by atoms with Gasteiger partial charge in [0, 0.05) is 19.0 Å². The third-order valence-electron chi connectivity index (χ3n) is 4.00. The van der Waals surface area contributed by atoms with Gasteiger partial charge in [-0.2, -0.15) is 5.26 Å². The Morgan fingerprint density at radius 3 is 2.86 bits per heavy atom. The molecule has 1 aliphatic rings. The number of carboxylic acid groups (broad SMARTS) is 1. The molecule has 1 saturated heterocycles. The molecule has 0 spiro atoms. The van der Waals surface area contributed by atoms with Crippen molar-refractivity contribution >= 4 is 11.9 Å². The lowest BCUT2D eigenvalue weighted by Crippen LogP contribution is -2.44. The minimum atomic E-state index is -0.842. The van der Waals surface area contributed by atoms with E-state index in [-0.39, 0.29) is 18.4 Å². The van der Waals surface area contributed by atoms with Gasteiger partial charge in [-0.1, -0.05) is 0 Å². The van der Waals surface area contributed by atoms with Gasteiger partial charge in [0.15, 0.2) is 0 Å². The van der Waals surface area contributed by atoms with Crippen LogP contribution in [0.1, 0.15) is 53.8 Å². The van der Waals surface area contributed by atoms with Gasteiger partial charge in [-0.25, -0.2) is 4.98 Å². The molecule has 0 radical (unpaired) electrons. The van der Waals surface area contributed by atoms with E-state index in [1.807, 2.05) is 6.07 Å². The van der Waals surface area contributed by atoms with Gasteiger partial charge in [0.1, 0.15) is 11.8 Å². The molecular formula is C16H19N3O3. The normalized spacial score (nSPS) is 17.8. The second kappa shape index (κ2) is 7.03. The summed E-state index contributed by atoms with van der Waals surface area (Å²) in [7, 11) is 0. The molecule has 2 rings (SSSR count). The summed E-state index contributed by atoms with van der Waals surface area (Å²) in [6.45, 7) is 2.33. The second-order valence-electron chi connectivity index (χ2n) is 5.52. The fourth-order valence-corrected chi connectivity index (χ4v) is 2.80. The Bertz CT molecular complexity index is 622. The highest BCUT2D eigenvalue weighted by Gasteiger charge is 2.28. The van der Waals surface area contributed by atoms with Crippen LogP contribution < -0.4 is 0 Å². The first-order valence-corrected chi connectivity index (χ1v) is 7.43. The third kappa shape index (κ3) is 3.61. The summed E-state index contributed by atoms with van der Waals surface area (Å²) in [5.74, 6) is -1.02. The maximum atomic E-state index is 12.6. The van der Waals surface area contributed by atoms with Crippen LogP contribution in [0.3, 0.4) is 0 Å². The molecule has 1 fully saturated rings. The Labute approximate surface area is 129 Å². The number of piperidine rings is 1. The van der Waals surface area contributed by atoms with Crippen LogP contribution in [0.5, 0.6) is 0 Å². The molecule has 0 saturated carbocycles. The van der Waals surface area contributed by atoms with Crippen molar-refractivity contribution < 1.29 is 14.7 Å². The van der Waals surface area contributed by atoms with Crippen molar-refractivity contribution in [3.05, 3.63) is 29.1 Å². The second-order valence-corrected chi connectivity index (χ2v) is 5.52. The number of hydrogen-bond donors (Lipinski definition) is 1. The van der Waals surface area contributed by atoms with Crippen molar-refractivity contribution in [2.45, 2.75) is 45.1 Å². The fraction of sp³-hybridized carbons (Fsp3) is 0.500. The summed E-state index contributed by atoms with van der Waals surface area (Å²) in [5.41, 5.74) is 1.31. The van der Waals surface area contributed by atoms with Gasteiger partial charge in [-0.15, -0.1) is 0 Å². The number of carbonyl (C=O) groups is 2. The predicted molar refractivity (Wildman–Crippen MR) is 79.2 cm³/mol. The molecule has 116 valence electrons. The molecule has 1 unspecified atom stereocenters. The number of nitriles is 1. The van der Waals surface area contributed by atoms with Crippen LogP contribution in [-0.4, -0.2) is 39.5 Å². The zero-order chi connectivity index (χ0) is 16.1. The molecule has 1 aromatic rings. The van der Waals surface area contributed by atoms with Crippen molar-refractivity contribution in [2.24, 2.45) is 0 Å². The number of hydrogen-bond acceptors (Lipinski definition) is 4. The largest absolute Gasteiger partial charge is 0.481 e. The zero-order valence-electron chi connectivity index (χ0n) is 12.6. The van der Waals surface area contributed by atoms with Gasteiger partial charge in [0.05, 0.1) is 11.3 Å². The molecule has 1 atom stereocenters. The number of likely N-dealkylation sites (tertiary alicyclic amines) is 1. The van der Waals surface area contributed by atoms with Crippen LogP contribution in [0.15, 0.2) is 12.1 Å². The van der Waals surface area contributed by atoms with Crippen LogP contribution in [0.2, 0.25) is 0 Å². The quantitative estimate of drug-likeness (QED) is 0.919. The first-order chi connectivity index (χ1) is 10.5. The first-order valence-electron chi connectivity index (χ1n) is 7.43. The monoisotopic (exact) mass is 301 g/mol. The maximum absolute atomic E-state index is 12.6. The molecule has 1 aliphatic heterocycles. The number of aromatic nitrogens is 1. The molecule has 1 aromatic heterocycles. The van der Waals surface area contributed by atoms with Crippen LogP contribution in [0.25, 0.3) is 0 Å². The molecule has 0 bridgehead atoms. The third-order valence-corrected chi connectivity index (χ3v) is 4.00. The molecule has 2 heterocycles. The summed E-state index contributed by atoms with van der Waals surface area (Å²) in [6.07, 6.45) is 3.29. The van der Waals surface area contributed by atoms with Crippen LogP contribution in [0.4, 0.5) is 0 Å². The minimum Gasteiger partial charge on any atom is -0.481 e. The van der Waals surface area contributed by atoms with E-state index in [9.17, 15) is 9.59 Å². The van der Waals surface area contributed by atoms with Gasteiger partial charge in [0.2, 0.25) is 0 Å². The lowest BCUT2D eigenvalue weighted by atomic mass is 9.97. The van der Waals surface area contributed by atoms with Gasteiger partial charge >= 0.3 is 5.97 Å². The van der Waals surface area contributed by atoms with Crippen molar-refractivity contribution in [1.82, 2.24) is 9.88 Å². The van der Waals surface area contributed by atoms with E-state index >= 15 is 0 Å². The van der Waals surface area contributed by atoms with Crippen molar-refractivity contribution in [2.75, 3.05) is 6.54 Å². The molecule has 1 N–H and O–H groups in total. The minimum absolute atomic E-state index is 0.0462. The Morgan fingerprint density at radius 1 is 1.45 bits per heavy atom. The summed E-state index contributed by atoms with van der Waals surface area (Å²) < 4.78 is 0. The number of pyridine rings is 1. The molecule has 0 aromatic carbocycles. The van der Waals surface area contributed by atoms with Gasteiger partial charge < -0.3 is 10.0 Å². The Balaban J connectivity index is 2.16. The van der Waals surface area contributed by atoms with E-state index in [2.05, 4.69) is 4.98 Å². The van der Waals surface area contributed by atoms with Crippen LogP contribution >= 0.6 is 0 Å². The van der Waals surface area contributed by atoms with Crippen molar-refractivity contribution in [3.8, 4) is 6.07 Å². The first kappa shape index (κ1) is 16.0. The number of carbonyl (C=O) groups excluding carboxylic acids is 1. The average Bonchev–Trinajstić information content (AvgIpc) is 2.52. The van der Waals surface area contributed by atoms with Gasteiger partial charge in [-0.3, -0.25) is 9.59 Å². The lowest BCUT2D eigenvalue weighted by Gasteiger charge is -2.35. The van der Waals surface area contributed by atoms with E-state index in [1.54, 1.807) is 24.0 Å². The number of aryl methyl sites for hydroxylation is 1. The molecule has 22 heavy (non-hydrogen) atoms. The highest BCUT2D eigenvalue weighted by atomic mass is 16.4. The van der Waals surface area contributed by atoms with E-state index in [4.69, 9.17) is 10.4 Å². The lowest BCUT2D eigenvalue weighted by molar-refractivity contribution is -0.137. The molecule has 6 nitrogen and oxygen atoms in total. The van der Waals surface area contributed by atoms with E-state index in [1.165, 1.54) is 0 Å². The predicted octanol–water partition coefficient (Wildman–Crippen LogP) is 2.12. The van der Waals surface area contributed by atoms with Crippen molar-refractivity contribution in [1.29, 1.82) is 5.26 Å². The molecule has 0 aliphatic carbocycles. The summed E-state index contributed by atoms with van der Waals surface area (Å²) in [6, 6.07) is 5.15. The highest BCUT2D eigenvalue weighted by molar-refractivity contribution is 5.92. The zero-order valence-corrected chi connectivity index (χ0v) is 12.6. The number of nitrogens with zero attached hydrogens (tertiary/aromatic N) is 3. The standard InChI is InChI=1S/C16H19N3O3/c1-11-12(10-17)5-7-14(18-11)16(22)19-9-3-2-4-13(19)6-8-15(20)21/h5,7,13H,2-4,6,8-9H2,1H3,(H,20,21). The number of amides is 1. The van der Waals surface area contributed by atoms with Gasteiger partial charge in [0.25, 0.3) is 5.91 Å². The number of carboxylic acids is 1.